The van der Waals surface area contributed by atoms with Crippen molar-refractivity contribution in [1.29, 1.82) is 0 Å². The van der Waals surface area contributed by atoms with Crippen LogP contribution in [0.1, 0.15) is 54.1 Å². The Hall–Kier alpha value is -2.05. The summed E-state index contributed by atoms with van der Waals surface area (Å²) >= 11 is 1.35. The van der Waals surface area contributed by atoms with E-state index in [0.29, 0.717) is 10.5 Å². The number of rotatable bonds is 7. The van der Waals surface area contributed by atoms with Crippen LogP contribution in [0.25, 0.3) is 0 Å². The summed E-state index contributed by atoms with van der Waals surface area (Å²) in [6.45, 7) is 2.16. The highest BCUT2D eigenvalue weighted by Gasteiger charge is 2.50. The zero-order chi connectivity index (χ0) is 21.1. The average Bonchev–Trinajstić information content (AvgIpc) is 3.26. The Bertz CT molecular complexity index is 870. The van der Waals surface area contributed by atoms with E-state index in [1.165, 1.54) is 50.3 Å². The number of likely N-dealkylation sites (tertiary alicyclic amines) is 1. The molecular formula is C24H29FN2O2S. The summed E-state index contributed by atoms with van der Waals surface area (Å²) in [5.41, 5.74) is 1.47. The van der Waals surface area contributed by atoms with E-state index in [-0.39, 0.29) is 23.2 Å². The smallest absolute Gasteiger partial charge is 0.256 e. The minimum absolute atomic E-state index is 0.0553. The van der Waals surface area contributed by atoms with Crippen molar-refractivity contribution in [1.82, 2.24) is 10.2 Å². The molecule has 1 saturated heterocycles. The maximum absolute atomic E-state index is 14.0. The third-order valence-corrected chi connectivity index (χ3v) is 7.36. The molecule has 2 fully saturated rings. The molecule has 0 spiro atoms. The number of hydrogen-bond acceptors (Lipinski definition) is 4. The van der Waals surface area contributed by atoms with E-state index in [0.717, 1.165) is 31.5 Å². The van der Waals surface area contributed by atoms with Crippen molar-refractivity contribution < 1.29 is 13.9 Å². The van der Waals surface area contributed by atoms with Gasteiger partial charge in [-0.25, -0.2) is 4.39 Å². The fraction of sp³-hybridized carbons (Fsp3) is 0.458. The maximum Gasteiger partial charge on any atom is 0.256 e. The molecule has 2 aromatic rings. The lowest BCUT2D eigenvalue weighted by molar-refractivity contribution is -0.000503. The predicted octanol–water partition coefficient (Wildman–Crippen LogP) is 5.05. The van der Waals surface area contributed by atoms with Crippen LogP contribution in [-0.4, -0.2) is 42.8 Å². The second-order valence-corrected chi connectivity index (χ2v) is 9.00. The Morgan fingerprint density at radius 2 is 1.87 bits per heavy atom. The molecular weight excluding hydrogens is 399 g/mol. The summed E-state index contributed by atoms with van der Waals surface area (Å²) < 4.78 is 19.4. The van der Waals surface area contributed by atoms with Crippen molar-refractivity contribution in [2.45, 2.75) is 48.6 Å². The Morgan fingerprint density at radius 3 is 2.43 bits per heavy atom. The van der Waals surface area contributed by atoms with Gasteiger partial charge in [-0.15, -0.1) is 11.8 Å². The van der Waals surface area contributed by atoms with E-state index in [1.807, 2.05) is 24.5 Å². The van der Waals surface area contributed by atoms with Gasteiger partial charge in [0.2, 0.25) is 0 Å². The molecule has 1 N–H and O–H groups in total. The fourth-order valence-electron chi connectivity index (χ4n) is 4.97. The summed E-state index contributed by atoms with van der Waals surface area (Å²) in [7, 11) is 1.47. The van der Waals surface area contributed by atoms with Gasteiger partial charge in [0.1, 0.15) is 11.6 Å². The number of halogens is 1. The number of carbonyl (C=O) groups excluding carboxylic acids is 1. The van der Waals surface area contributed by atoms with Gasteiger partial charge in [0.05, 0.1) is 18.7 Å². The predicted molar refractivity (Wildman–Crippen MR) is 119 cm³/mol. The Morgan fingerprint density at radius 1 is 1.17 bits per heavy atom. The standard InChI is InChI=1S/C24H29FN2O2S/c1-29-19-15-18(25)16-20(30-2)21(19)23(28)26-22(17-9-4-3-5-10-17)24(11-8-12-24)27-13-6-7-14-27/h3-5,9-10,15-16,22H,6-8,11-14H2,1-2H3,(H,26,28). The highest BCUT2D eigenvalue weighted by atomic mass is 32.2. The van der Waals surface area contributed by atoms with Crippen LogP contribution in [-0.2, 0) is 0 Å². The van der Waals surface area contributed by atoms with E-state index in [9.17, 15) is 9.18 Å². The van der Waals surface area contributed by atoms with Gasteiger partial charge in [-0.3, -0.25) is 9.69 Å². The molecule has 1 saturated carbocycles. The third-order valence-electron chi connectivity index (χ3n) is 6.60. The van der Waals surface area contributed by atoms with Crippen LogP contribution in [0.15, 0.2) is 47.4 Å². The van der Waals surface area contributed by atoms with Crippen LogP contribution >= 0.6 is 11.8 Å². The molecule has 0 aromatic heterocycles. The van der Waals surface area contributed by atoms with Gasteiger partial charge >= 0.3 is 0 Å². The lowest BCUT2D eigenvalue weighted by Gasteiger charge is -2.54. The van der Waals surface area contributed by atoms with Crippen LogP contribution in [0.4, 0.5) is 4.39 Å². The van der Waals surface area contributed by atoms with Crippen molar-refractivity contribution in [3.05, 3.63) is 59.4 Å². The van der Waals surface area contributed by atoms with E-state index >= 15 is 0 Å². The van der Waals surface area contributed by atoms with E-state index in [1.54, 1.807) is 0 Å². The molecule has 0 radical (unpaired) electrons. The van der Waals surface area contributed by atoms with Gasteiger partial charge in [-0.1, -0.05) is 30.3 Å². The number of methoxy groups -OCH3 is 1. The number of thioether (sulfide) groups is 1. The van der Waals surface area contributed by atoms with Crippen LogP contribution in [0, 0.1) is 5.82 Å². The molecule has 1 atom stereocenters. The van der Waals surface area contributed by atoms with Crippen LogP contribution in [0.3, 0.4) is 0 Å². The number of hydrogen-bond donors (Lipinski definition) is 1. The van der Waals surface area contributed by atoms with Crippen LogP contribution in [0.5, 0.6) is 5.75 Å². The first-order valence-corrected chi connectivity index (χ1v) is 11.8. The molecule has 1 amide bonds. The van der Waals surface area contributed by atoms with Crippen LogP contribution < -0.4 is 10.1 Å². The first-order chi connectivity index (χ1) is 14.6. The number of nitrogens with zero attached hydrogens (tertiary/aromatic N) is 1. The number of ether oxygens (including phenoxy) is 1. The minimum Gasteiger partial charge on any atom is -0.496 e. The molecule has 1 aliphatic heterocycles. The topological polar surface area (TPSA) is 41.6 Å². The van der Waals surface area contributed by atoms with Gasteiger partial charge in [0.15, 0.2) is 0 Å². The summed E-state index contributed by atoms with van der Waals surface area (Å²) in [5.74, 6) is -0.345. The zero-order valence-electron chi connectivity index (χ0n) is 17.6. The minimum atomic E-state index is -0.403. The van der Waals surface area contributed by atoms with E-state index < -0.39 is 5.82 Å². The molecule has 1 heterocycles. The quantitative estimate of drug-likeness (QED) is 0.627. The third kappa shape index (κ3) is 3.83. The van der Waals surface area contributed by atoms with Gasteiger partial charge in [0.25, 0.3) is 5.91 Å². The Kier molecular flexibility index (Phi) is 6.34. The van der Waals surface area contributed by atoms with Gasteiger partial charge in [0, 0.05) is 16.5 Å². The first-order valence-electron chi connectivity index (χ1n) is 10.6. The van der Waals surface area contributed by atoms with Gasteiger partial charge < -0.3 is 10.1 Å². The number of carbonyl (C=O) groups is 1. The van der Waals surface area contributed by atoms with Gasteiger partial charge in [-0.05, 0) is 63.1 Å². The molecule has 4 nitrogen and oxygen atoms in total. The Balaban J connectivity index is 1.72. The van der Waals surface area contributed by atoms with E-state index in [4.69, 9.17) is 4.74 Å². The molecule has 160 valence electrons. The average molecular weight is 429 g/mol. The van der Waals surface area contributed by atoms with Crippen molar-refractivity contribution >= 4 is 17.7 Å². The van der Waals surface area contributed by atoms with Crippen molar-refractivity contribution in [2.24, 2.45) is 0 Å². The number of amides is 1. The monoisotopic (exact) mass is 428 g/mol. The highest BCUT2D eigenvalue weighted by molar-refractivity contribution is 7.98. The van der Waals surface area contributed by atoms with Gasteiger partial charge in [-0.2, -0.15) is 0 Å². The second kappa shape index (κ2) is 8.98. The number of benzene rings is 2. The fourth-order valence-corrected chi connectivity index (χ4v) is 5.60. The molecule has 0 bridgehead atoms. The van der Waals surface area contributed by atoms with E-state index in [2.05, 4.69) is 22.3 Å². The zero-order valence-corrected chi connectivity index (χ0v) is 18.4. The molecule has 1 unspecified atom stereocenters. The SMILES string of the molecule is COc1cc(F)cc(SC)c1C(=O)NC(c1ccccc1)C1(N2CCCC2)CCC1. The summed E-state index contributed by atoms with van der Waals surface area (Å²) in [5, 5.41) is 3.34. The normalized spacial score (nSPS) is 19.2. The molecule has 30 heavy (non-hydrogen) atoms. The summed E-state index contributed by atoms with van der Waals surface area (Å²) in [6, 6.07) is 12.8. The maximum atomic E-state index is 14.0. The lowest BCUT2D eigenvalue weighted by Crippen LogP contribution is -2.60. The largest absolute Gasteiger partial charge is 0.496 e. The van der Waals surface area contributed by atoms with Crippen molar-refractivity contribution in [3.63, 3.8) is 0 Å². The number of nitrogens with one attached hydrogen (secondary N) is 1. The van der Waals surface area contributed by atoms with Crippen molar-refractivity contribution in [3.8, 4) is 5.75 Å². The van der Waals surface area contributed by atoms with Crippen LogP contribution in [0.2, 0.25) is 0 Å². The Labute approximate surface area is 182 Å². The summed E-state index contributed by atoms with van der Waals surface area (Å²) in [6.07, 6.45) is 7.58. The molecule has 6 heteroatoms. The summed E-state index contributed by atoms with van der Waals surface area (Å²) in [4.78, 5) is 16.7. The highest BCUT2D eigenvalue weighted by Crippen LogP contribution is 2.48. The second-order valence-electron chi connectivity index (χ2n) is 8.15. The molecule has 1 aliphatic carbocycles. The molecule has 2 aliphatic rings. The first kappa shape index (κ1) is 21.2. The molecule has 4 rings (SSSR count). The molecule has 2 aromatic carbocycles. The lowest BCUT2D eigenvalue weighted by atomic mass is 9.68. The van der Waals surface area contributed by atoms with Crippen molar-refractivity contribution in [2.75, 3.05) is 26.5 Å².